The first-order valence-electron chi connectivity index (χ1n) is 18.7. The van der Waals surface area contributed by atoms with E-state index >= 15 is 0 Å². The van der Waals surface area contributed by atoms with Crippen molar-refractivity contribution in [2.24, 2.45) is 18.9 Å². The summed E-state index contributed by atoms with van der Waals surface area (Å²) < 4.78 is 59.3. The second kappa shape index (κ2) is 16.0. The van der Waals surface area contributed by atoms with Crippen LogP contribution in [0.15, 0.2) is 48.8 Å². The van der Waals surface area contributed by atoms with Crippen LogP contribution in [0, 0.1) is 17.7 Å². The molecular weight excluding hydrogens is 788 g/mol. The molecule has 0 spiro atoms. The number of carbonyl (C=O) groups is 4. The quantitative estimate of drug-likeness (QED) is 0.105. The number of carbonyl (C=O) groups excluding carboxylic acids is 3. The number of halogens is 5. The summed E-state index contributed by atoms with van der Waals surface area (Å²) in [5.41, 5.74) is 3.88. The molecule has 15 nitrogen and oxygen atoms in total. The first-order valence-corrected chi connectivity index (χ1v) is 19.1. The van der Waals surface area contributed by atoms with Crippen LogP contribution in [-0.2, 0) is 22.8 Å². The third kappa shape index (κ3) is 8.37. The van der Waals surface area contributed by atoms with E-state index in [9.17, 15) is 41.8 Å². The molecule has 0 saturated carbocycles. The number of amides is 3. The largest absolute Gasteiger partial charge is 0.477 e. The first-order chi connectivity index (χ1) is 27.5. The van der Waals surface area contributed by atoms with E-state index < -0.39 is 35.1 Å². The molecule has 3 saturated heterocycles. The molecule has 58 heavy (non-hydrogen) atoms. The number of piperidine rings is 1. The number of quaternary nitrogens is 1. The van der Waals surface area contributed by atoms with Gasteiger partial charge in [0.25, 0.3) is 11.8 Å². The number of carboxylic acids is 1. The average Bonchev–Trinajstić information content (AvgIpc) is 3.77. The van der Waals surface area contributed by atoms with Crippen LogP contribution in [0.25, 0.3) is 16.9 Å². The summed E-state index contributed by atoms with van der Waals surface area (Å²) in [6, 6.07) is 7.76. The van der Waals surface area contributed by atoms with E-state index in [-0.39, 0.29) is 76.5 Å². The Hall–Kier alpha value is -5.53. The minimum Gasteiger partial charge on any atom is -0.477 e. The highest BCUT2D eigenvalue weighted by Gasteiger charge is 2.42. The van der Waals surface area contributed by atoms with Gasteiger partial charge in [0.05, 0.1) is 47.7 Å². The maximum absolute atomic E-state index is 14.6. The predicted molar refractivity (Wildman–Crippen MR) is 203 cm³/mol. The van der Waals surface area contributed by atoms with Crippen LogP contribution in [0.3, 0.4) is 0 Å². The van der Waals surface area contributed by atoms with Crippen LogP contribution in [-0.4, -0.2) is 128 Å². The van der Waals surface area contributed by atoms with Gasteiger partial charge in [-0.1, -0.05) is 11.6 Å². The van der Waals surface area contributed by atoms with Crippen molar-refractivity contribution in [2.45, 2.75) is 19.0 Å². The maximum atomic E-state index is 14.6. The lowest BCUT2D eigenvalue weighted by atomic mass is 9.90. The smallest absolute Gasteiger partial charge is 0.435 e. The van der Waals surface area contributed by atoms with Gasteiger partial charge in [0.1, 0.15) is 5.69 Å². The third-order valence-corrected chi connectivity index (χ3v) is 11.6. The summed E-state index contributed by atoms with van der Waals surface area (Å²) >= 11 is 6.53. The summed E-state index contributed by atoms with van der Waals surface area (Å²) in [5, 5.41) is 19.1. The molecule has 2 aromatic carbocycles. The lowest BCUT2D eigenvalue weighted by Crippen LogP contribution is -2.62. The molecule has 2 aromatic heterocycles. The highest BCUT2D eigenvalue weighted by atomic mass is 35.5. The van der Waals surface area contributed by atoms with Gasteiger partial charge in [0, 0.05) is 88.6 Å². The van der Waals surface area contributed by atoms with Gasteiger partial charge in [-0.05, 0) is 36.4 Å². The molecule has 0 unspecified atom stereocenters. The SMILES string of the molecule is Cn1c(-c2cn(-c3ccc(N)cc3F)nc2C(F)(F)F)cnc1C(=O)Nc1ccc(C(=O)N2CCN(C(=O)C3CC[N+](CC(=O)O)(CC4CNC4)CC3)CC2)c(Cl)c1. The summed E-state index contributed by atoms with van der Waals surface area (Å²) in [7, 11) is 1.34. The van der Waals surface area contributed by atoms with Crippen molar-refractivity contribution in [1.29, 1.82) is 0 Å². The molecule has 0 atom stereocenters. The Labute approximate surface area is 334 Å². The van der Waals surface area contributed by atoms with E-state index in [2.05, 4.69) is 20.7 Å². The molecule has 0 aliphatic carbocycles. The van der Waals surface area contributed by atoms with Crippen molar-refractivity contribution < 1.29 is 46.3 Å². The molecule has 5 N–H and O–H groups in total. The van der Waals surface area contributed by atoms with Crippen molar-refractivity contribution in [3.63, 3.8) is 0 Å². The zero-order valence-corrected chi connectivity index (χ0v) is 32.2. The Morgan fingerprint density at radius 2 is 1.72 bits per heavy atom. The maximum Gasteiger partial charge on any atom is 0.435 e. The monoisotopic (exact) mass is 829 g/mol. The Bertz CT molecular complexity index is 2240. The Kier molecular flexibility index (Phi) is 11.2. The average molecular weight is 830 g/mol. The number of nitrogens with two attached hydrogens (primary N) is 1. The molecule has 0 bridgehead atoms. The number of carboxylic acid groups (broad SMARTS) is 1. The second-order valence-electron chi connectivity index (χ2n) is 15.2. The van der Waals surface area contributed by atoms with E-state index in [1.165, 1.54) is 37.4 Å². The Morgan fingerprint density at radius 3 is 2.33 bits per heavy atom. The van der Waals surface area contributed by atoms with Crippen molar-refractivity contribution in [3.8, 4) is 16.9 Å². The topological polar surface area (TPSA) is 181 Å². The molecule has 7 rings (SSSR count). The van der Waals surface area contributed by atoms with E-state index in [0.29, 0.717) is 49.4 Å². The molecule has 3 aliphatic heterocycles. The molecule has 308 valence electrons. The van der Waals surface area contributed by atoms with Gasteiger partial charge >= 0.3 is 12.1 Å². The number of rotatable bonds is 10. The van der Waals surface area contributed by atoms with Crippen LogP contribution in [0.2, 0.25) is 5.02 Å². The van der Waals surface area contributed by atoms with Gasteiger partial charge in [-0.25, -0.2) is 18.9 Å². The molecular formula is C38H42ClF4N10O5+. The normalized spacial score (nSPS) is 20.1. The molecule has 3 aliphatic rings. The lowest BCUT2D eigenvalue weighted by Gasteiger charge is -2.46. The lowest BCUT2D eigenvalue weighted by molar-refractivity contribution is -0.929. The van der Waals surface area contributed by atoms with Gasteiger partial charge in [0.2, 0.25) is 5.91 Å². The van der Waals surface area contributed by atoms with Gasteiger partial charge in [-0.2, -0.15) is 18.3 Å². The van der Waals surface area contributed by atoms with E-state index in [1.54, 1.807) is 9.80 Å². The third-order valence-electron chi connectivity index (χ3n) is 11.2. The number of imidazole rings is 1. The number of piperazine rings is 1. The van der Waals surface area contributed by atoms with Gasteiger partial charge in [0.15, 0.2) is 23.9 Å². The minimum absolute atomic E-state index is 0.0212. The fourth-order valence-corrected chi connectivity index (χ4v) is 8.33. The van der Waals surface area contributed by atoms with Crippen molar-refractivity contribution in [3.05, 3.63) is 76.7 Å². The number of anilines is 2. The van der Waals surface area contributed by atoms with Crippen LogP contribution >= 0.6 is 11.6 Å². The number of nitrogen functional groups attached to an aromatic ring is 1. The van der Waals surface area contributed by atoms with Gasteiger partial charge < -0.3 is 40.3 Å². The molecule has 5 heterocycles. The number of nitrogens with one attached hydrogen (secondary N) is 2. The number of hydrogen-bond donors (Lipinski definition) is 4. The molecule has 3 amide bonds. The summed E-state index contributed by atoms with van der Waals surface area (Å²) in [6.45, 7) is 5.14. The van der Waals surface area contributed by atoms with Crippen LogP contribution in [0.4, 0.5) is 28.9 Å². The fourth-order valence-electron chi connectivity index (χ4n) is 8.07. The standard InChI is InChI=1S/C38H41ClF4N10O5/c1-49-31(27-19-52(48-33(27)38(41,42)43)30-5-2-24(44)14-29(30)40)18-46-34(49)35(56)47-25-3-4-26(28(39)15-25)37(58)51-10-8-50(9-11-51)36(57)23-6-12-53(13-7-23,21-32(54)55)20-22-16-45-17-22/h2-5,14-15,18-19,22-23,45H,6-13,16-17,20-21,44H2,1H3,(H-,47,54,55,56,58)/p+1. The molecule has 4 aromatic rings. The predicted octanol–water partition coefficient (Wildman–Crippen LogP) is 3.73. The highest BCUT2D eigenvalue weighted by molar-refractivity contribution is 6.34. The Balaban J connectivity index is 0.962. The number of alkyl halides is 3. The van der Waals surface area contributed by atoms with Crippen molar-refractivity contribution in [2.75, 3.05) is 76.5 Å². The zero-order chi connectivity index (χ0) is 41.5. The number of likely N-dealkylation sites (tertiary alicyclic amines) is 1. The minimum atomic E-state index is -4.93. The van der Waals surface area contributed by atoms with Crippen LogP contribution in [0.5, 0.6) is 0 Å². The second-order valence-corrected chi connectivity index (χ2v) is 15.6. The summed E-state index contributed by atoms with van der Waals surface area (Å²) in [6.07, 6.45) is -1.64. The molecule has 20 heteroatoms. The van der Waals surface area contributed by atoms with Gasteiger partial charge in [-0.3, -0.25) is 14.4 Å². The number of benzene rings is 2. The van der Waals surface area contributed by atoms with E-state index in [0.717, 1.165) is 47.3 Å². The summed E-state index contributed by atoms with van der Waals surface area (Å²) in [4.78, 5) is 59.4. The van der Waals surface area contributed by atoms with E-state index in [4.69, 9.17) is 17.3 Å². The first kappa shape index (κ1) is 40.7. The van der Waals surface area contributed by atoms with Gasteiger partial charge in [-0.15, -0.1) is 0 Å². The number of hydrogen-bond acceptors (Lipinski definition) is 8. The van der Waals surface area contributed by atoms with Crippen LogP contribution < -0.4 is 16.4 Å². The number of aliphatic carboxylic acids is 1. The molecule has 3 fully saturated rings. The van der Waals surface area contributed by atoms with E-state index in [1.807, 2.05) is 0 Å². The Morgan fingerprint density at radius 1 is 1.03 bits per heavy atom. The number of aromatic nitrogens is 4. The number of nitrogens with zero attached hydrogens (tertiary/aromatic N) is 7. The van der Waals surface area contributed by atoms with Crippen LogP contribution in [0.1, 0.15) is 39.5 Å². The van der Waals surface area contributed by atoms with Crippen molar-refractivity contribution in [1.82, 2.24) is 34.4 Å². The highest BCUT2D eigenvalue weighted by Crippen LogP contribution is 2.37. The zero-order valence-electron chi connectivity index (χ0n) is 31.4. The fraction of sp³-hybridized carbons (Fsp3) is 0.421. The van der Waals surface area contributed by atoms with Crippen molar-refractivity contribution >= 4 is 46.7 Å². The summed E-state index contributed by atoms with van der Waals surface area (Å²) in [5.74, 6) is -2.84. The molecule has 0 radical (unpaired) electrons.